The van der Waals surface area contributed by atoms with Crippen LogP contribution in [0.15, 0.2) is 0 Å². The third kappa shape index (κ3) is 36.6. The van der Waals surface area contributed by atoms with Gasteiger partial charge in [0.1, 0.15) is 42.6 Å². The Hall–Kier alpha value is -7.45. The SMILES string of the molecule is CC(=O)N1CCC[C@H]1C(=O)N[C@@H](CCCCN)C(=O)N[C@@H](CCC(=O)O)C(=O)N[C@@H](CNC(=O)CN(CC(=O)O)CC(=O)O)C(=O)N[C@@H](CCCCNC(=O)COCCOCCNC(=O)CCCCCCCCCCCCCCCc1nnn[nH]1)C(N)=O. The molecule has 2 heterocycles. The predicted molar refractivity (Wildman–Crippen MR) is 316 cm³/mol. The number of primary amides is 1. The fourth-order valence-electron chi connectivity index (χ4n) is 9.61. The van der Waals surface area contributed by atoms with Crippen molar-refractivity contribution in [1.29, 1.82) is 0 Å². The highest BCUT2D eigenvalue weighted by atomic mass is 16.5. The number of carbonyl (C=O) groups is 12. The van der Waals surface area contributed by atoms with Crippen LogP contribution in [0.4, 0.5) is 0 Å². The van der Waals surface area contributed by atoms with Gasteiger partial charge in [-0.3, -0.25) is 62.4 Å². The molecule has 0 aliphatic carbocycles. The summed E-state index contributed by atoms with van der Waals surface area (Å²) in [5, 5.41) is 59.6. The van der Waals surface area contributed by atoms with Crippen molar-refractivity contribution in [1.82, 2.24) is 67.6 Å². The van der Waals surface area contributed by atoms with Gasteiger partial charge in [0.15, 0.2) is 0 Å². The van der Waals surface area contributed by atoms with E-state index in [1.165, 1.54) is 69.6 Å². The third-order valence-corrected chi connectivity index (χ3v) is 14.3. The summed E-state index contributed by atoms with van der Waals surface area (Å²) in [7, 11) is 0. The van der Waals surface area contributed by atoms with Crippen molar-refractivity contribution in [2.75, 3.05) is 78.8 Å². The van der Waals surface area contributed by atoms with Gasteiger partial charge < -0.3 is 78.4 Å². The van der Waals surface area contributed by atoms with Gasteiger partial charge in [0.05, 0.1) is 39.5 Å². The standard InChI is InChI=1S/C56H97N15O17/c1-39(72)71-30-19-22-44(71)56(86)64-41(21-15-17-27-57)53(83)63-42(25-26-49(76)77)54(84)65-43(34-61-47(74)35-70(36-50(78)79)37-51(80)81)55(85)62-40(52(58)82)20-16-18-28-59-48(75)38-88-33-32-87-31-29-60-46(73)24-14-12-10-8-6-4-2-3-5-7-9-11-13-23-45-66-68-69-67-45/h40-44H,2-38,57H2,1H3,(H2,58,82)(H,59,75)(H,60,73)(H,61,74)(H,62,85)(H,63,83)(H,64,86)(H,65,84)(H,76,77)(H,78,79)(H,80,81)(H,66,67,68,69)/t40-,41-,42-,43-,44-/m0/s1. The molecule has 1 fully saturated rings. The minimum atomic E-state index is -1.80. The molecule has 2 rings (SSSR count). The van der Waals surface area contributed by atoms with E-state index in [9.17, 15) is 72.9 Å². The molecule has 0 aromatic carbocycles. The van der Waals surface area contributed by atoms with Crippen LogP contribution in [0.2, 0.25) is 0 Å². The summed E-state index contributed by atoms with van der Waals surface area (Å²) in [5.41, 5.74) is 11.3. The Morgan fingerprint density at radius 1 is 0.591 bits per heavy atom. The zero-order chi connectivity index (χ0) is 64.9. The molecule has 1 aromatic rings. The van der Waals surface area contributed by atoms with Crippen LogP contribution >= 0.6 is 0 Å². The Balaban J connectivity index is 1.83. The zero-order valence-electron chi connectivity index (χ0n) is 51.0. The molecule has 1 aliphatic heterocycles. The van der Waals surface area contributed by atoms with Gasteiger partial charge in [-0.25, -0.2) is 5.10 Å². The van der Waals surface area contributed by atoms with Crippen LogP contribution in [0.5, 0.6) is 0 Å². The summed E-state index contributed by atoms with van der Waals surface area (Å²) >= 11 is 0. The molecular formula is C56H97N15O17. The van der Waals surface area contributed by atoms with Crippen LogP contribution < -0.4 is 48.7 Å². The average molecular weight is 1250 g/mol. The van der Waals surface area contributed by atoms with Gasteiger partial charge in [-0.05, 0) is 87.6 Å². The van der Waals surface area contributed by atoms with Gasteiger partial charge in [-0.15, -0.1) is 5.10 Å². The first kappa shape index (κ1) is 76.6. The van der Waals surface area contributed by atoms with E-state index in [-0.39, 0.29) is 70.6 Å². The molecule has 5 atom stereocenters. The van der Waals surface area contributed by atoms with Gasteiger partial charge in [-0.1, -0.05) is 70.6 Å². The first-order valence-electron chi connectivity index (χ1n) is 30.7. The molecule has 9 amide bonds. The first-order chi connectivity index (χ1) is 42.2. The van der Waals surface area contributed by atoms with Crippen LogP contribution in [0, 0.1) is 0 Å². The fourth-order valence-corrected chi connectivity index (χ4v) is 9.61. The Morgan fingerprint density at radius 2 is 1.15 bits per heavy atom. The minimum absolute atomic E-state index is 0.0271. The highest BCUT2D eigenvalue weighted by molar-refractivity contribution is 5.97. The summed E-state index contributed by atoms with van der Waals surface area (Å²) in [6, 6.07) is -7.03. The lowest BCUT2D eigenvalue weighted by Crippen LogP contribution is -2.61. The molecule has 15 N–H and O–H groups in total. The highest BCUT2D eigenvalue weighted by Crippen LogP contribution is 2.19. The molecule has 32 nitrogen and oxygen atoms in total. The maximum atomic E-state index is 14.0. The minimum Gasteiger partial charge on any atom is -0.481 e. The molecule has 1 aliphatic rings. The molecule has 0 spiro atoms. The number of aromatic nitrogens is 4. The van der Waals surface area contributed by atoms with Gasteiger partial charge in [0, 0.05) is 52.4 Å². The predicted octanol–water partition coefficient (Wildman–Crippen LogP) is -1.34. The Bertz CT molecular complexity index is 2280. The fraction of sp³-hybridized carbons (Fsp3) is 0.768. The number of amides is 9. The summed E-state index contributed by atoms with van der Waals surface area (Å²) in [6.07, 6.45) is 17.4. The normalized spacial score (nSPS) is 14.2. The number of carboxylic acids is 3. The number of nitrogens with two attached hydrogens (primary N) is 2. The molecule has 0 radical (unpaired) electrons. The molecule has 498 valence electrons. The first-order valence-corrected chi connectivity index (χ1v) is 30.7. The number of hydrogen-bond donors (Lipinski definition) is 13. The quantitative estimate of drug-likeness (QED) is 0.0336. The van der Waals surface area contributed by atoms with Crippen molar-refractivity contribution in [2.24, 2.45) is 11.5 Å². The lowest BCUT2D eigenvalue weighted by atomic mass is 10.0. The lowest BCUT2D eigenvalue weighted by Gasteiger charge is -2.28. The van der Waals surface area contributed by atoms with Crippen molar-refractivity contribution in [2.45, 2.75) is 198 Å². The topological polar surface area (TPSA) is 481 Å². The maximum absolute atomic E-state index is 14.0. The van der Waals surface area contributed by atoms with Gasteiger partial charge in [0.25, 0.3) is 0 Å². The van der Waals surface area contributed by atoms with E-state index in [0.29, 0.717) is 51.6 Å². The smallest absolute Gasteiger partial charge is 0.317 e. The van der Waals surface area contributed by atoms with E-state index in [1.54, 1.807) is 0 Å². The monoisotopic (exact) mass is 1250 g/mol. The second-order valence-corrected chi connectivity index (χ2v) is 21.8. The van der Waals surface area contributed by atoms with Crippen LogP contribution in [0.3, 0.4) is 0 Å². The third-order valence-electron chi connectivity index (χ3n) is 14.3. The Kier molecular flexibility index (Phi) is 40.7. The van der Waals surface area contributed by atoms with Crippen molar-refractivity contribution < 1.29 is 82.3 Å². The summed E-state index contributed by atoms with van der Waals surface area (Å²) in [6.45, 7) is -0.637. The van der Waals surface area contributed by atoms with Crippen molar-refractivity contribution >= 4 is 71.1 Å². The van der Waals surface area contributed by atoms with Crippen LogP contribution in [-0.2, 0) is 73.4 Å². The lowest BCUT2D eigenvalue weighted by molar-refractivity contribution is -0.143. The number of rotatable bonds is 53. The number of nitrogens with zero attached hydrogens (tertiary/aromatic N) is 5. The Labute approximate surface area is 513 Å². The van der Waals surface area contributed by atoms with Crippen molar-refractivity contribution in [3.63, 3.8) is 0 Å². The number of unbranched alkanes of at least 4 members (excludes halogenated alkanes) is 14. The van der Waals surface area contributed by atoms with E-state index < -0.39 is 128 Å². The molecule has 32 heteroatoms. The van der Waals surface area contributed by atoms with Crippen molar-refractivity contribution in [3.05, 3.63) is 5.82 Å². The number of ether oxygens (including phenoxy) is 2. The van der Waals surface area contributed by atoms with E-state index in [2.05, 4.69) is 57.8 Å². The number of H-pyrrole nitrogens is 1. The molecule has 1 saturated heterocycles. The number of aryl methyl sites for hydroxylation is 1. The molecular weight excluding hydrogens is 1150 g/mol. The van der Waals surface area contributed by atoms with Crippen molar-refractivity contribution in [3.8, 4) is 0 Å². The van der Waals surface area contributed by atoms with Crippen LogP contribution in [0.1, 0.15) is 167 Å². The van der Waals surface area contributed by atoms with Gasteiger partial charge in [0.2, 0.25) is 53.2 Å². The van der Waals surface area contributed by atoms with E-state index in [4.69, 9.17) is 20.9 Å². The summed E-state index contributed by atoms with van der Waals surface area (Å²) < 4.78 is 10.9. The number of likely N-dealkylation sites (tertiary alicyclic amines) is 1. The van der Waals surface area contributed by atoms with Gasteiger partial charge >= 0.3 is 17.9 Å². The zero-order valence-corrected chi connectivity index (χ0v) is 51.0. The number of carboxylic acid groups (broad SMARTS) is 3. The summed E-state index contributed by atoms with van der Waals surface area (Å²) in [4.78, 5) is 154. The largest absolute Gasteiger partial charge is 0.481 e. The number of aliphatic carboxylic acids is 3. The number of aromatic amines is 1. The van der Waals surface area contributed by atoms with E-state index >= 15 is 0 Å². The molecule has 0 saturated carbocycles. The molecule has 0 bridgehead atoms. The number of tetrazole rings is 1. The number of carbonyl (C=O) groups excluding carboxylic acids is 9. The Morgan fingerprint density at radius 3 is 1.74 bits per heavy atom. The average Bonchev–Trinajstić information content (AvgIpc) is 4.29. The van der Waals surface area contributed by atoms with Crippen LogP contribution in [-0.4, -0.2) is 226 Å². The summed E-state index contributed by atoms with van der Waals surface area (Å²) in [5.74, 6) is -10.0. The second-order valence-electron chi connectivity index (χ2n) is 21.8. The molecule has 0 unspecified atom stereocenters. The van der Waals surface area contributed by atoms with Gasteiger partial charge in [-0.2, -0.15) is 0 Å². The number of nitrogens with one attached hydrogen (secondary N) is 8. The maximum Gasteiger partial charge on any atom is 0.317 e. The van der Waals surface area contributed by atoms with Crippen LogP contribution in [0.25, 0.3) is 0 Å². The van der Waals surface area contributed by atoms with E-state index in [0.717, 1.165) is 42.8 Å². The highest BCUT2D eigenvalue weighted by Gasteiger charge is 2.36. The second kappa shape index (κ2) is 46.7. The molecule has 88 heavy (non-hydrogen) atoms. The number of hydrogen-bond acceptors (Lipinski definition) is 19. The van der Waals surface area contributed by atoms with E-state index in [1.807, 2.05) is 0 Å². The molecule has 1 aromatic heterocycles.